The molecule has 5 heteroatoms. The molecular weight excluding hydrogens is 270 g/mol. The van der Waals surface area contributed by atoms with Crippen LogP contribution in [0.2, 0.25) is 5.02 Å². The van der Waals surface area contributed by atoms with Crippen LogP contribution >= 0.6 is 23.4 Å². The monoisotopic (exact) mass is 287 g/mol. The summed E-state index contributed by atoms with van der Waals surface area (Å²) in [5.74, 6) is 1.31. The Labute approximate surface area is 117 Å². The molecule has 0 aliphatic carbocycles. The molecule has 1 amide bonds. The Hall–Kier alpha value is -0.710. The Kier molecular flexibility index (Phi) is 7.89. The van der Waals surface area contributed by atoms with Crippen LogP contribution in [0.3, 0.4) is 0 Å². The summed E-state index contributed by atoms with van der Waals surface area (Å²) >= 11 is 7.41. The van der Waals surface area contributed by atoms with Gasteiger partial charge >= 0.3 is 0 Å². The highest BCUT2D eigenvalue weighted by molar-refractivity contribution is 7.99. The second kappa shape index (κ2) is 9.25. The summed E-state index contributed by atoms with van der Waals surface area (Å²) in [7, 11) is 0. The number of thioether (sulfide) groups is 1. The van der Waals surface area contributed by atoms with Crippen LogP contribution in [0.15, 0.2) is 24.3 Å². The van der Waals surface area contributed by atoms with Gasteiger partial charge in [0, 0.05) is 18.2 Å². The zero-order valence-electron chi connectivity index (χ0n) is 10.2. The number of benzene rings is 1. The van der Waals surface area contributed by atoms with Crippen LogP contribution in [-0.4, -0.2) is 35.7 Å². The summed E-state index contributed by atoms with van der Waals surface area (Å²) in [6, 6.07) is 7.64. The number of halogens is 1. The summed E-state index contributed by atoms with van der Waals surface area (Å²) in [5.41, 5.74) is 1.12. The van der Waals surface area contributed by atoms with Crippen LogP contribution in [0.5, 0.6) is 0 Å². The summed E-state index contributed by atoms with van der Waals surface area (Å²) in [4.78, 5) is 11.4. The fourth-order valence-electron chi connectivity index (χ4n) is 1.42. The second-order valence-electron chi connectivity index (χ2n) is 3.86. The van der Waals surface area contributed by atoms with E-state index >= 15 is 0 Å². The maximum absolute atomic E-state index is 11.4. The summed E-state index contributed by atoms with van der Waals surface area (Å²) in [5, 5.41) is 12.2. The molecule has 0 saturated heterocycles. The highest BCUT2D eigenvalue weighted by Gasteiger charge is 2.01. The fraction of sp³-hybridized carbons (Fsp3) is 0.462. The van der Waals surface area contributed by atoms with Crippen molar-refractivity contribution >= 4 is 29.3 Å². The van der Waals surface area contributed by atoms with Gasteiger partial charge in [0.05, 0.1) is 5.75 Å². The van der Waals surface area contributed by atoms with Gasteiger partial charge in [-0.05, 0) is 36.3 Å². The number of hydrogen-bond acceptors (Lipinski definition) is 3. The lowest BCUT2D eigenvalue weighted by Gasteiger charge is -2.05. The number of amides is 1. The van der Waals surface area contributed by atoms with Crippen molar-refractivity contribution in [1.29, 1.82) is 0 Å². The smallest absolute Gasteiger partial charge is 0.230 e. The average molecular weight is 288 g/mol. The molecule has 0 bridgehead atoms. The van der Waals surface area contributed by atoms with E-state index < -0.39 is 0 Å². The van der Waals surface area contributed by atoms with E-state index in [4.69, 9.17) is 16.7 Å². The van der Waals surface area contributed by atoms with Crippen molar-refractivity contribution in [2.75, 3.05) is 24.7 Å². The maximum atomic E-state index is 11.4. The number of rotatable bonds is 8. The molecule has 0 fully saturated rings. The molecule has 0 radical (unpaired) electrons. The van der Waals surface area contributed by atoms with Crippen molar-refractivity contribution < 1.29 is 9.90 Å². The Morgan fingerprint density at radius 3 is 3.00 bits per heavy atom. The Morgan fingerprint density at radius 2 is 2.28 bits per heavy atom. The average Bonchev–Trinajstić information content (AvgIpc) is 2.35. The van der Waals surface area contributed by atoms with Crippen LogP contribution in [0.1, 0.15) is 12.0 Å². The zero-order valence-corrected chi connectivity index (χ0v) is 11.8. The third kappa shape index (κ3) is 6.89. The zero-order chi connectivity index (χ0) is 13.2. The topological polar surface area (TPSA) is 49.3 Å². The number of carbonyl (C=O) groups is 1. The summed E-state index contributed by atoms with van der Waals surface area (Å²) in [6.45, 7) is 0.809. The molecule has 1 rings (SSSR count). The molecule has 3 nitrogen and oxygen atoms in total. The van der Waals surface area contributed by atoms with E-state index in [9.17, 15) is 4.79 Å². The summed E-state index contributed by atoms with van der Waals surface area (Å²) < 4.78 is 0. The molecule has 0 aromatic heterocycles. The van der Waals surface area contributed by atoms with Crippen LogP contribution in [0.4, 0.5) is 0 Å². The minimum Gasteiger partial charge on any atom is -0.396 e. The Balaban J connectivity index is 2.12. The molecule has 1 aromatic carbocycles. The van der Waals surface area contributed by atoms with E-state index in [-0.39, 0.29) is 12.5 Å². The van der Waals surface area contributed by atoms with Crippen molar-refractivity contribution in [3.05, 3.63) is 34.9 Å². The van der Waals surface area contributed by atoms with Gasteiger partial charge in [-0.2, -0.15) is 11.8 Å². The lowest BCUT2D eigenvalue weighted by atomic mass is 10.1. The lowest BCUT2D eigenvalue weighted by Crippen LogP contribution is -2.27. The normalized spacial score (nSPS) is 10.3. The molecule has 0 spiro atoms. The minimum atomic E-state index is 0.0416. The third-order valence-corrected chi connectivity index (χ3v) is 3.58. The Bertz CT molecular complexity index is 374. The number of aliphatic hydroxyl groups excluding tert-OH is 1. The first-order chi connectivity index (χ1) is 8.72. The van der Waals surface area contributed by atoms with Gasteiger partial charge in [0.25, 0.3) is 0 Å². The number of aliphatic hydroxyl groups is 1. The molecule has 100 valence electrons. The minimum absolute atomic E-state index is 0.0416. The highest BCUT2D eigenvalue weighted by atomic mass is 35.5. The van der Waals surface area contributed by atoms with E-state index in [1.807, 2.05) is 24.3 Å². The van der Waals surface area contributed by atoms with Gasteiger partial charge in [-0.25, -0.2) is 0 Å². The van der Waals surface area contributed by atoms with Gasteiger partial charge in [0.2, 0.25) is 5.91 Å². The lowest BCUT2D eigenvalue weighted by molar-refractivity contribution is -0.118. The number of hydrogen-bond donors (Lipinski definition) is 2. The molecule has 0 unspecified atom stereocenters. The number of carbonyl (C=O) groups excluding carboxylic acids is 1. The van der Waals surface area contributed by atoms with Gasteiger partial charge in [0.15, 0.2) is 0 Å². The number of nitrogens with one attached hydrogen (secondary N) is 1. The molecule has 0 atom stereocenters. The largest absolute Gasteiger partial charge is 0.396 e. The van der Waals surface area contributed by atoms with E-state index in [0.717, 1.165) is 29.2 Å². The second-order valence-corrected chi connectivity index (χ2v) is 5.40. The highest BCUT2D eigenvalue weighted by Crippen LogP contribution is 2.10. The molecule has 2 N–H and O–H groups in total. The van der Waals surface area contributed by atoms with Gasteiger partial charge in [0.1, 0.15) is 0 Å². The maximum Gasteiger partial charge on any atom is 0.230 e. The van der Waals surface area contributed by atoms with Crippen LogP contribution in [-0.2, 0) is 11.2 Å². The molecule has 18 heavy (non-hydrogen) atoms. The fourth-order valence-corrected chi connectivity index (χ4v) is 2.40. The SMILES string of the molecule is O=C(CSCCCO)NCCc1cccc(Cl)c1. The van der Waals surface area contributed by atoms with Gasteiger partial charge in [-0.15, -0.1) is 0 Å². The van der Waals surface area contributed by atoms with E-state index in [1.165, 1.54) is 0 Å². The van der Waals surface area contributed by atoms with E-state index in [2.05, 4.69) is 5.32 Å². The first-order valence-corrected chi connectivity index (χ1v) is 7.45. The predicted molar refractivity (Wildman–Crippen MR) is 77.2 cm³/mol. The molecular formula is C13H18ClNO2S. The van der Waals surface area contributed by atoms with Crippen LogP contribution < -0.4 is 5.32 Å². The van der Waals surface area contributed by atoms with Crippen molar-refractivity contribution in [3.8, 4) is 0 Å². The van der Waals surface area contributed by atoms with Crippen molar-refractivity contribution in [1.82, 2.24) is 5.32 Å². The third-order valence-electron chi connectivity index (χ3n) is 2.30. The summed E-state index contributed by atoms with van der Waals surface area (Å²) in [6.07, 6.45) is 1.52. The quantitative estimate of drug-likeness (QED) is 0.720. The van der Waals surface area contributed by atoms with Crippen molar-refractivity contribution in [3.63, 3.8) is 0 Å². The van der Waals surface area contributed by atoms with Crippen molar-refractivity contribution in [2.45, 2.75) is 12.8 Å². The molecule has 0 aliphatic heterocycles. The van der Waals surface area contributed by atoms with E-state index in [0.29, 0.717) is 12.3 Å². The Morgan fingerprint density at radius 1 is 1.44 bits per heavy atom. The van der Waals surface area contributed by atoms with Gasteiger partial charge < -0.3 is 10.4 Å². The first-order valence-electron chi connectivity index (χ1n) is 5.92. The first kappa shape index (κ1) is 15.3. The van der Waals surface area contributed by atoms with Crippen LogP contribution in [0.25, 0.3) is 0 Å². The van der Waals surface area contributed by atoms with Gasteiger partial charge in [-0.1, -0.05) is 23.7 Å². The molecule has 0 heterocycles. The molecule has 0 saturated carbocycles. The predicted octanol–water partition coefficient (Wildman–Crippen LogP) is 2.11. The standard InChI is InChI=1S/C13H18ClNO2S/c14-12-4-1-3-11(9-12)5-6-15-13(17)10-18-8-2-7-16/h1,3-4,9,16H,2,5-8,10H2,(H,15,17). The van der Waals surface area contributed by atoms with E-state index in [1.54, 1.807) is 11.8 Å². The molecule has 1 aromatic rings. The van der Waals surface area contributed by atoms with Crippen molar-refractivity contribution in [2.24, 2.45) is 0 Å². The van der Waals surface area contributed by atoms with Crippen LogP contribution in [0, 0.1) is 0 Å². The molecule has 0 aliphatic rings. The van der Waals surface area contributed by atoms with Gasteiger partial charge in [-0.3, -0.25) is 4.79 Å².